The number of carbonyl (C=O) groups excluding carboxylic acids is 2. The molecule has 3 aromatic rings. The second-order valence-corrected chi connectivity index (χ2v) is 12.9. The SMILES string of the molecule is CN1CCC(NC(=O)C2CCC(NC(=O)C3=C(c4ccnn4-c4ccc(C#N)cc4)N(C)N(c4cccc(C(F)(F)F)c4)C3O)CC2)CC1. The van der Waals surface area contributed by atoms with Gasteiger partial charge in [0.25, 0.3) is 5.91 Å². The van der Waals surface area contributed by atoms with Crippen molar-refractivity contribution in [2.45, 2.75) is 63.0 Å². The number of aromatic nitrogens is 2. The molecule has 1 atom stereocenters. The van der Waals surface area contributed by atoms with Crippen molar-refractivity contribution in [3.8, 4) is 11.8 Å². The molecule has 1 saturated carbocycles. The molecule has 2 aromatic carbocycles. The van der Waals surface area contributed by atoms with E-state index in [1.54, 1.807) is 37.4 Å². The molecule has 2 fully saturated rings. The lowest BCUT2D eigenvalue weighted by Gasteiger charge is -2.33. The zero-order valence-corrected chi connectivity index (χ0v) is 27.3. The summed E-state index contributed by atoms with van der Waals surface area (Å²) in [5.74, 6) is -0.676. The van der Waals surface area contributed by atoms with Crippen LogP contribution in [0.15, 0.2) is 66.4 Å². The summed E-state index contributed by atoms with van der Waals surface area (Å²) >= 11 is 0. The van der Waals surface area contributed by atoms with E-state index in [9.17, 15) is 33.1 Å². The van der Waals surface area contributed by atoms with Crippen molar-refractivity contribution in [2.24, 2.45) is 5.92 Å². The minimum Gasteiger partial charge on any atom is -0.368 e. The molecule has 1 unspecified atom stereocenters. The van der Waals surface area contributed by atoms with Gasteiger partial charge in [0.2, 0.25) is 5.91 Å². The highest BCUT2D eigenvalue weighted by Crippen LogP contribution is 2.40. The molecule has 0 radical (unpaired) electrons. The van der Waals surface area contributed by atoms with Crippen LogP contribution in [0.1, 0.15) is 55.3 Å². The Labute approximate surface area is 282 Å². The summed E-state index contributed by atoms with van der Waals surface area (Å²) in [6.45, 7) is 1.89. The van der Waals surface area contributed by atoms with Gasteiger partial charge in [0.15, 0.2) is 6.23 Å². The first-order valence-electron chi connectivity index (χ1n) is 16.4. The van der Waals surface area contributed by atoms with Crippen LogP contribution in [-0.4, -0.2) is 82.1 Å². The minimum absolute atomic E-state index is 0.0331. The fourth-order valence-electron chi connectivity index (χ4n) is 6.96. The summed E-state index contributed by atoms with van der Waals surface area (Å²) < 4.78 is 42.6. The third-order valence-corrected chi connectivity index (χ3v) is 9.70. The molecule has 258 valence electrons. The van der Waals surface area contributed by atoms with Crippen molar-refractivity contribution in [2.75, 3.05) is 32.2 Å². The molecule has 2 amide bonds. The lowest BCUT2D eigenvalue weighted by molar-refractivity contribution is -0.137. The van der Waals surface area contributed by atoms with Gasteiger partial charge in [-0.3, -0.25) is 19.6 Å². The molecule has 49 heavy (non-hydrogen) atoms. The van der Waals surface area contributed by atoms with Gasteiger partial charge in [-0.25, -0.2) is 4.68 Å². The van der Waals surface area contributed by atoms with Gasteiger partial charge >= 0.3 is 6.18 Å². The van der Waals surface area contributed by atoms with Gasteiger partial charge in [-0.15, -0.1) is 0 Å². The maximum absolute atomic E-state index is 14.1. The molecule has 6 rings (SSSR count). The topological polar surface area (TPSA) is 130 Å². The molecule has 2 aliphatic heterocycles. The minimum atomic E-state index is -4.62. The Morgan fingerprint density at radius 1 is 0.918 bits per heavy atom. The van der Waals surface area contributed by atoms with E-state index in [4.69, 9.17) is 0 Å². The average molecular weight is 677 g/mol. The molecule has 3 heterocycles. The predicted octanol–water partition coefficient (Wildman–Crippen LogP) is 4.04. The van der Waals surface area contributed by atoms with E-state index < -0.39 is 23.9 Å². The molecule has 0 spiro atoms. The van der Waals surface area contributed by atoms with Crippen LogP contribution in [0, 0.1) is 17.2 Å². The van der Waals surface area contributed by atoms with Gasteiger partial charge in [-0.1, -0.05) is 6.07 Å². The van der Waals surface area contributed by atoms with Gasteiger partial charge in [0, 0.05) is 25.0 Å². The number of aliphatic hydroxyl groups excluding tert-OH is 1. The number of nitriles is 1. The van der Waals surface area contributed by atoms with Crippen LogP contribution in [0.5, 0.6) is 0 Å². The normalized spacial score (nSPS) is 22.3. The molecular formula is C35H39F3N8O3. The number of anilines is 1. The number of carbonyl (C=O) groups is 2. The Morgan fingerprint density at radius 2 is 1.59 bits per heavy atom. The third-order valence-electron chi connectivity index (χ3n) is 9.70. The standard InChI is InChI=1S/C35H39F3N8O3/c1-43-18-15-26(16-19-43)41-32(47)23-8-10-25(11-9-23)42-33(48)30-31(29-14-17-40-45(29)27-12-6-22(21-39)7-13-27)44(2)46(34(30)49)28-5-3-4-24(20-28)35(36,37)38/h3-7,12-14,17,20,23,25-26,34,49H,8-11,15-16,18-19H2,1-2H3,(H,41,47)(H,42,48). The molecule has 14 heteroatoms. The van der Waals surface area contributed by atoms with Gasteiger partial charge in [-0.2, -0.15) is 23.5 Å². The molecule has 11 nitrogen and oxygen atoms in total. The predicted molar refractivity (Wildman–Crippen MR) is 175 cm³/mol. The fraction of sp³-hybridized carbons (Fsp3) is 0.429. The number of hydrazine groups is 1. The lowest BCUT2D eigenvalue weighted by Crippen LogP contribution is -2.47. The van der Waals surface area contributed by atoms with Gasteiger partial charge < -0.3 is 20.6 Å². The van der Waals surface area contributed by atoms with Gasteiger partial charge in [-0.05, 0) is 107 Å². The summed E-state index contributed by atoms with van der Waals surface area (Å²) in [6, 6.07) is 14.8. The highest BCUT2D eigenvalue weighted by Gasteiger charge is 2.43. The van der Waals surface area contributed by atoms with Crippen LogP contribution in [0.3, 0.4) is 0 Å². The van der Waals surface area contributed by atoms with Crippen molar-refractivity contribution >= 4 is 23.2 Å². The monoisotopic (exact) mass is 676 g/mol. The van der Waals surface area contributed by atoms with E-state index in [-0.39, 0.29) is 40.9 Å². The van der Waals surface area contributed by atoms with Crippen molar-refractivity contribution in [3.05, 3.63) is 83.2 Å². The maximum Gasteiger partial charge on any atom is 0.416 e. The zero-order valence-electron chi connectivity index (χ0n) is 27.3. The molecular weight excluding hydrogens is 637 g/mol. The number of piperidine rings is 1. The zero-order chi connectivity index (χ0) is 34.9. The van der Waals surface area contributed by atoms with Crippen molar-refractivity contribution < 1.29 is 27.9 Å². The van der Waals surface area contributed by atoms with Crippen LogP contribution in [0.2, 0.25) is 0 Å². The number of amides is 2. The Hall–Kier alpha value is -4.87. The number of aliphatic hydroxyl groups is 1. The Morgan fingerprint density at radius 3 is 2.24 bits per heavy atom. The van der Waals surface area contributed by atoms with Crippen LogP contribution in [0.25, 0.3) is 11.4 Å². The number of likely N-dealkylation sites (tertiary alicyclic amines) is 1. The number of rotatable bonds is 7. The highest BCUT2D eigenvalue weighted by molar-refractivity contribution is 6.04. The number of hydrogen-bond donors (Lipinski definition) is 3. The van der Waals surface area contributed by atoms with Crippen LogP contribution >= 0.6 is 0 Å². The number of benzene rings is 2. The van der Waals surface area contributed by atoms with E-state index >= 15 is 0 Å². The first-order valence-corrected chi connectivity index (χ1v) is 16.4. The number of halogens is 3. The van der Waals surface area contributed by atoms with E-state index in [1.807, 2.05) is 0 Å². The van der Waals surface area contributed by atoms with Crippen molar-refractivity contribution in [1.82, 2.24) is 30.3 Å². The van der Waals surface area contributed by atoms with E-state index in [2.05, 4.69) is 33.7 Å². The van der Waals surface area contributed by atoms with Crippen LogP contribution in [-0.2, 0) is 15.8 Å². The Bertz CT molecular complexity index is 1750. The first-order chi connectivity index (χ1) is 23.4. The van der Waals surface area contributed by atoms with Gasteiger partial charge in [0.1, 0.15) is 0 Å². The molecule has 3 N–H and O–H groups in total. The van der Waals surface area contributed by atoms with Crippen molar-refractivity contribution in [1.29, 1.82) is 5.26 Å². The summed E-state index contributed by atoms with van der Waals surface area (Å²) in [5, 5.41) is 34.3. The number of hydrogen-bond acceptors (Lipinski definition) is 8. The summed E-state index contributed by atoms with van der Waals surface area (Å²) in [7, 11) is 3.63. The quantitative estimate of drug-likeness (QED) is 0.342. The summed E-state index contributed by atoms with van der Waals surface area (Å²) in [4.78, 5) is 29.4. The largest absolute Gasteiger partial charge is 0.416 e. The molecule has 1 aromatic heterocycles. The first kappa shape index (κ1) is 34.0. The Balaban J connectivity index is 1.25. The number of alkyl halides is 3. The van der Waals surface area contributed by atoms with E-state index in [0.29, 0.717) is 42.6 Å². The van der Waals surface area contributed by atoms with Crippen LogP contribution < -0.4 is 15.6 Å². The molecule has 1 aliphatic carbocycles. The number of nitrogens with zero attached hydrogens (tertiary/aromatic N) is 6. The number of nitrogens with one attached hydrogen (secondary N) is 2. The highest BCUT2D eigenvalue weighted by atomic mass is 19.4. The molecule has 3 aliphatic rings. The second kappa shape index (κ2) is 13.9. The summed E-state index contributed by atoms with van der Waals surface area (Å²) in [5.41, 5.74) is 0.737. The molecule has 0 bridgehead atoms. The average Bonchev–Trinajstić information content (AvgIpc) is 3.67. The second-order valence-electron chi connectivity index (χ2n) is 12.9. The smallest absolute Gasteiger partial charge is 0.368 e. The third kappa shape index (κ3) is 7.13. The summed E-state index contributed by atoms with van der Waals surface area (Å²) in [6.07, 6.45) is -0.581. The van der Waals surface area contributed by atoms with Gasteiger partial charge in [0.05, 0.1) is 51.7 Å². The van der Waals surface area contributed by atoms with Crippen molar-refractivity contribution in [3.63, 3.8) is 0 Å². The Kier molecular flexibility index (Phi) is 9.67. The maximum atomic E-state index is 14.1. The van der Waals surface area contributed by atoms with E-state index in [1.165, 1.54) is 33.0 Å². The fourth-order valence-corrected chi connectivity index (χ4v) is 6.96. The van der Waals surface area contributed by atoms with E-state index in [0.717, 1.165) is 38.1 Å². The molecule has 1 saturated heterocycles. The van der Waals surface area contributed by atoms with Crippen LogP contribution in [0.4, 0.5) is 18.9 Å². The lowest BCUT2D eigenvalue weighted by atomic mass is 9.85.